The smallest absolute Gasteiger partial charge is 0.0624 e. The van der Waals surface area contributed by atoms with Crippen LogP contribution in [-0.2, 0) is 4.74 Å². The lowest BCUT2D eigenvalue weighted by Gasteiger charge is -2.04. The third kappa shape index (κ3) is 21.4. The van der Waals surface area contributed by atoms with E-state index in [1.54, 1.807) is 0 Å². The van der Waals surface area contributed by atoms with E-state index in [2.05, 4.69) is 13.0 Å². The topological polar surface area (TPSA) is 33.0 Å². The molecule has 0 spiro atoms. The Morgan fingerprint density at radius 2 is 1.12 bits per heavy atom. The number of hydrogen-bond acceptors (Lipinski definition) is 2. The third-order valence-electron chi connectivity index (χ3n) is 4.57. The summed E-state index contributed by atoms with van der Waals surface area (Å²) in [5, 5.41) is 8.41. The minimum atomic E-state index is 0.568. The van der Waals surface area contributed by atoms with Crippen molar-refractivity contribution >= 4 is 0 Å². The van der Waals surface area contributed by atoms with E-state index in [4.69, 9.17) is 10.00 Å². The summed E-state index contributed by atoms with van der Waals surface area (Å²) in [5.74, 6) is 0. The molecule has 24 heavy (non-hydrogen) atoms. The van der Waals surface area contributed by atoms with Gasteiger partial charge in [-0.3, -0.25) is 0 Å². The van der Waals surface area contributed by atoms with Crippen LogP contribution < -0.4 is 0 Å². The van der Waals surface area contributed by atoms with Crippen molar-refractivity contribution in [3.8, 4) is 6.07 Å². The molecule has 0 aromatic rings. The molecule has 0 aliphatic rings. The van der Waals surface area contributed by atoms with Gasteiger partial charge in [0.15, 0.2) is 0 Å². The number of hydrogen-bond donors (Lipinski definition) is 0. The lowest BCUT2D eigenvalue weighted by molar-refractivity contribution is 0.127. The van der Waals surface area contributed by atoms with Crippen LogP contribution in [0.1, 0.15) is 116 Å². The highest BCUT2D eigenvalue weighted by Crippen LogP contribution is 2.13. The first-order chi connectivity index (χ1) is 11.9. The molecule has 0 fully saturated rings. The van der Waals surface area contributed by atoms with E-state index in [1.165, 1.54) is 89.9 Å². The first-order valence-corrected chi connectivity index (χ1v) is 10.7. The zero-order chi connectivity index (χ0) is 17.6. The predicted molar refractivity (Wildman–Crippen MR) is 105 cm³/mol. The Morgan fingerprint density at radius 3 is 1.62 bits per heavy atom. The fourth-order valence-electron chi connectivity index (χ4n) is 3.00. The van der Waals surface area contributed by atoms with E-state index in [1.807, 2.05) is 6.42 Å². The van der Waals surface area contributed by atoms with Crippen LogP contribution in [0.15, 0.2) is 0 Å². The van der Waals surface area contributed by atoms with Gasteiger partial charge in [-0.05, 0) is 25.7 Å². The molecule has 0 amide bonds. The average molecular weight is 337 g/mol. The van der Waals surface area contributed by atoms with Crippen molar-refractivity contribution in [2.24, 2.45) is 0 Å². The first-order valence-electron chi connectivity index (χ1n) is 10.7. The Morgan fingerprint density at radius 1 is 0.667 bits per heavy atom. The van der Waals surface area contributed by atoms with E-state index >= 15 is 0 Å². The number of nitrogens with zero attached hydrogens (tertiary/aromatic N) is 1. The van der Waals surface area contributed by atoms with Crippen LogP contribution in [0.25, 0.3) is 0 Å². The van der Waals surface area contributed by atoms with E-state index in [0.29, 0.717) is 6.42 Å². The predicted octanol–water partition coefficient (Wildman–Crippen LogP) is 7.38. The molecule has 2 heteroatoms. The molecule has 0 atom stereocenters. The average Bonchev–Trinajstić information content (AvgIpc) is 2.60. The third-order valence-corrected chi connectivity index (χ3v) is 4.57. The monoisotopic (exact) mass is 336 g/mol. The minimum Gasteiger partial charge on any atom is -0.381 e. The quantitative estimate of drug-likeness (QED) is 0.217. The zero-order valence-corrected chi connectivity index (χ0v) is 16.4. The van der Waals surface area contributed by atoms with Crippen LogP contribution in [0.5, 0.6) is 0 Å². The second kappa shape index (κ2) is 22.4. The van der Waals surface area contributed by atoms with Gasteiger partial charge < -0.3 is 4.74 Å². The largest absolute Gasteiger partial charge is 0.381 e. The standard InChI is InChI=1S/C22H42NO/c1-2-3-4-5-6-7-8-9-10-11-12-13-15-18-21-24-22-19-16-14-17-20-23/h14H,2-13,15-19,21-22H2,1H3. The first kappa shape index (κ1) is 23.4. The maximum atomic E-state index is 8.41. The molecule has 0 unspecified atom stereocenters. The van der Waals surface area contributed by atoms with E-state index in [-0.39, 0.29) is 0 Å². The maximum Gasteiger partial charge on any atom is 0.0624 e. The molecule has 0 aromatic carbocycles. The molecule has 0 aromatic heterocycles. The summed E-state index contributed by atoms with van der Waals surface area (Å²) in [4.78, 5) is 0. The second-order valence-corrected chi connectivity index (χ2v) is 7.00. The van der Waals surface area contributed by atoms with Gasteiger partial charge >= 0.3 is 0 Å². The van der Waals surface area contributed by atoms with Crippen molar-refractivity contribution in [1.82, 2.24) is 0 Å². The van der Waals surface area contributed by atoms with Gasteiger partial charge in [0.1, 0.15) is 0 Å². The summed E-state index contributed by atoms with van der Waals surface area (Å²) in [5.41, 5.74) is 0. The molecular formula is C22H42NO. The molecule has 1 radical (unpaired) electrons. The van der Waals surface area contributed by atoms with Gasteiger partial charge in [-0.15, -0.1) is 0 Å². The fourth-order valence-corrected chi connectivity index (χ4v) is 3.00. The molecular weight excluding hydrogens is 294 g/mol. The van der Waals surface area contributed by atoms with Crippen molar-refractivity contribution in [1.29, 1.82) is 5.26 Å². The molecule has 0 rings (SSSR count). The Hall–Kier alpha value is -0.550. The normalized spacial score (nSPS) is 10.8. The molecule has 0 bridgehead atoms. The molecule has 0 N–H and O–H groups in total. The van der Waals surface area contributed by atoms with Gasteiger partial charge in [0, 0.05) is 19.6 Å². The highest BCUT2D eigenvalue weighted by molar-refractivity contribution is 4.80. The van der Waals surface area contributed by atoms with Crippen LogP contribution in [0, 0.1) is 17.8 Å². The minimum absolute atomic E-state index is 0.568. The van der Waals surface area contributed by atoms with Gasteiger partial charge in [-0.25, -0.2) is 0 Å². The van der Waals surface area contributed by atoms with Gasteiger partial charge in [0.2, 0.25) is 0 Å². The number of unbranched alkanes of at least 4 members (excludes halogenated alkanes) is 16. The molecule has 0 aliphatic heterocycles. The molecule has 141 valence electrons. The van der Waals surface area contributed by atoms with Crippen LogP contribution in [-0.4, -0.2) is 13.2 Å². The Balaban J connectivity index is 2.94. The highest BCUT2D eigenvalue weighted by atomic mass is 16.5. The number of rotatable bonds is 20. The van der Waals surface area contributed by atoms with Crippen molar-refractivity contribution in [3.63, 3.8) is 0 Å². The second-order valence-electron chi connectivity index (χ2n) is 7.00. The SMILES string of the molecule is CCCCCCCCCCCCCCCCOCCC[CH]CC#N. The summed E-state index contributed by atoms with van der Waals surface area (Å²) >= 11 is 0. The Kier molecular flexibility index (Phi) is 21.9. The summed E-state index contributed by atoms with van der Waals surface area (Å²) in [6.45, 7) is 4.04. The number of ether oxygens (including phenoxy) is 1. The molecule has 0 heterocycles. The zero-order valence-electron chi connectivity index (χ0n) is 16.4. The molecule has 0 aliphatic carbocycles. The summed E-state index contributed by atoms with van der Waals surface area (Å²) in [6.07, 6.45) is 24.3. The van der Waals surface area contributed by atoms with E-state index in [0.717, 1.165) is 26.1 Å². The van der Waals surface area contributed by atoms with Crippen LogP contribution in [0.3, 0.4) is 0 Å². The van der Waals surface area contributed by atoms with Gasteiger partial charge in [-0.2, -0.15) is 5.26 Å². The summed E-state index contributed by atoms with van der Waals surface area (Å²) < 4.78 is 5.62. The number of nitriles is 1. The van der Waals surface area contributed by atoms with Gasteiger partial charge in [-0.1, -0.05) is 90.4 Å². The van der Waals surface area contributed by atoms with Crippen LogP contribution in [0.4, 0.5) is 0 Å². The van der Waals surface area contributed by atoms with Gasteiger partial charge in [0.05, 0.1) is 6.07 Å². The van der Waals surface area contributed by atoms with Gasteiger partial charge in [0.25, 0.3) is 0 Å². The lowest BCUT2D eigenvalue weighted by atomic mass is 10.0. The summed E-state index contributed by atoms with van der Waals surface area (Å²) in [7, 11) is 0. The highest BCUT2D eigenvalue weighted by Gasteiger charge is 1.95. The molecule has 0 saturated heterocycles. The van der Waals surface area contributed by atoms with Crippen LogP contribution in [0.2, 0.25) is 0 Å². The fraction of sp³-hybridized carbons (Fsp3) is 0.909. The van der Waals surface area contributed by atoms with E-state index < -0.39 is 0 Å². The molecule has 2 nitrogen and oxygen atoms in total. The lowest BCUT2D eigenvalue weighted by Crippen LogP contribution is -1.97. The Bertz CT molecular complexity index is 259. The van der Waals surface area contributed by atoms with Crippen molar-refractivity contribution in [2.75, 3.05) is 13.2 Å². The van der Waals surface area contributed by atoms with Crippen molar-refractivity contribution < 1.29 is 4.74 Å². The Labute approximate surface area is 152 Å². The van der Waals surface area contributed by atoms with Crippen LogP contribution >= 0.6 is 0 Å². The molecule has 0 saturated carbocycles. The van der Waals surface area contributed by atoms with Crippen molar-refractivity contribution in [2.45, 2.75) is 116 Å². The summed E-state index contributed by atoms with van der Waals surface area (Å²) in [6, 6.07) is 2.13. The van der Waals surface area contributed by atoms with Crippen molar-refractivity contribution in [3.05, 3.63) is 6.42 Å². The van der Waals surface area contributed by atoms with E-state index in [9.17, 15) is 0 Å². The maximum absolute atomic E-state index is 8.41.